The molecule has 2 aliphatic rings. The van der Waals surface area contributed by atoms with Gasteiger partial charge in [-0.1, -0.05) is 23.8 Å². The zero-order valence-electron chi connectivity index (χ0n) is 14.8. The summed E-state index contributed by atoms with van der Waals surface area (Å²) in [6.45, 7) is 5.10. The lowest BCUT2D eigenvalue weighted by molar-refractivity contribution is -0.123. The van der Waals surface area contributed by atoms with Crippen molar-refractivity contribution >= 4 is 23.3 Å². The summed E-state index contributed by atoms with van der Waals surface area (Å²) in [6, 6.07) is 13.1. The molecule has 0 bridgehead atoms. The van der Waals surface area contributed by atoms with Crippen LogP contribution in [0, 0.1) is 6.92 Å². The van der Waals surface area contributed by atoms with Gasteiger partial charge in [-0.05, 0) is 31.2 Å². The van der Waals surface area contributed by atoms with Crippen molar-refractivity contribution in [3.8, 4) is 0 Å². The summed E-state index contributed by atoms with van der Waals surface area (Å²) in [4.78, 5) is 35.4. The van der Waals surface area contributed by atoms with Gasteiger partial charge in [-0.15, -0.1) is 0 Å². The lowest BCUT2D eigenvalue weighted by Gasteiger charge is -2.37. The number of benzene rings is 1. The molecular formula is C20H22N4O2. The van der Waals surface area contributed by atoms with Crippen molar-refractivity contribution in [2.24, 2.45) is 0 Å². The van der Waals surface area contributed by atoms with Gasteiger partial charge < -0.3 is 4.90 Å². The standard InChI is InChI=1S/C20H22N4O2/c1-15-5-7-16(8-6-15)24-19(25)14-17(20(24)26)22-10-12-23(13-11-22)18-4-2-3-9-21-18/h2-9,17H,10-14H2,1H3/t17-/m0/s1. The largest absolute Gasteiger partial charge is 0.354 e. The van der Waals surface area contributed by atoms with Crippen molar-refractivity contribution in [1.29, 1.82) is 0 Å². The van der Waals surface area contributed by atoms with Crippen LogP contribution in [0.15, 0.2) is 48.7 Å². The Morgan fingerprint density at radius 2 is 1.69 bits per heavy atom. The molecule has 1 atom stereocenters. The number of anilines is 2. The van der Waals surface area contributed by atoms with Crippen molar-refractivity contribution in [3.63, 3.8) is 0 Å². The van der Waals surface area contributed by atoms with Gasteiger partial charge in [-0.3, -0.25) is 14.5 Å². The Labute approximate surface area is 153 Å². The Kier molecular flexibility index (Phi) is 4.42. The third kappa shape index (κ3) is 3.08. The highest BCUT2D eigenvalue weighted by Crippen LogP contribution is 2.27. The first kappa shape index (κ1) is 16.7. The van der Waals surface area contributed by atoms with Crippen LogP contribution in [0.25, 0.3) is 0 Å². The molecule has 2 aromatic rings. The van der Waals surface area contributed by atoms with Crippen LogP contribution < -0.4 is 9.80 Å². The molecule has 0 radical (unpaired) electrons. The molecule has 2 aliphatic heterocycles. The van der Waals surface area contributed by atoms with Gasteiger partial charge in [0.1, 0.15) is 5.82 Å². The molecule has 1 aromatic heterocycles. The van der Waals surface area contributed by atoms with E-state index in [1.54, 1.807) is 6.20 Å². The number of nitrogens with zero attached hydrogens (tertiary/aromatic N) is 4. The molecule has 0 N–H and O–H groups in total. The van der Waals surface area contributed by atoms with E-state index in [0.717, 1.165) is 37.6 Å². The summed E-state index contributed by atoms with van der Waals surface area (Å²) < 4.78 is 0. The number of carbonyl (C=O) groups excluding carboxylic acids is 2. The predicted octanol–water partition coefficient (Wildman–Crippen LogP) is 1.84. The third-order valence-electron chi connectivity index (χ3n) is 5.14. The molecule has 2 saturated heterocycles. The van der Waals surface area contributed by atoms with Crippen molar-refractivity contribution in [1.82, 2.24) is 9.88 Å². The first-order valence-electron chi connectivity index (χ1n) is 8.97. The fraction of sp³-hybridized carbons (Fsp3) is 0.350. The van der Waals surface area contributed by atoms with Gasteiger partial charge in [-0.2, -0.15) is 0 Å². The summed E-state index contributed by atoms with van der Waals surface area (Å²) in [7, 11) is 0. The molecule has 0 spiro atoms. The molecular weight excluding hydrogens is 328 g/mol. The van der Waals surface area contributed by atoms with Crippen LogP contribution in [0.4, 0.5) is 11.5 Å². The van der Waals surface area contributed by atoms with Crippen LogP contribution in [0.1, 0.15) is 12.0 Å². The fourth-order valence-corrected chi connectivity index (χ4v) is 3.67. The van der Waals surface area contributed by atoms with Crippen LogP contribution in [-0.2, 0) is 9.59 Å². The average Bonchev–Trinajstić information content (AvgIpc) is 2.98. The number of imide groups is 1. The highest BCUT2D eigenvalue weighted by atomic mass is 16.2. The Morgan fingerprint density at radius 1 is 0.962 bits per heavy atom. The second-order valence-corrected chi connectivity index (χ2v) is 6.83. The zero-order chi connectivity index (χ0) is 18.1. The minimum absolute atomic E-state index is 0.106. The second-order valence-electron chi connectivity index (χ2n) is 6.83. The third-order valence-corrected chi connectivity index (χ3v) is 5.14. The summed E-state index contributed by atoms with van der Waals surface area (Å²) >= 11 is 0. The topological polar surface area (TPSA) is 56.8 Å². The van der Waals surface area contributed by atoms with Crippen molar-refractivity contribution in [2.75, 3.05) is 36.0 Å². The molecule has 2 fully saturated rings. The second kappa shape index (κ2) is 6.88. The molecule has 4 rings (SSSR count). The van der Waals surface area contributed by atoms with E-state index in [4.69, 9.17) is 0 Å². The summed E-state index contributed by atoms with van der Waals surface area (Å²) in [5.41, 5.74) is 1.77. The monoisotopic (exact) mass is 350 g/mol. The summed E-state index contributed by atoms with van der Waals surface area (Å²) in [6.07, 6.45) is 2.05. The number of aromatic nitrogens is 1. The average molecular weight is 350 g/mol. The highest BCUT2D eigenvalue weighted by molar-refractivity contribution is 6.22. The number of amides is 2. The maximum absolute atomic E-state index is 12.9. The zero-order valence-corrected chi connectivity index (χ0v) is 14.8. The number of aryl methyl sites for hydroxylation is 1. The van der Waals surface area contributed by atoms with Crippen LogP contribution >= 0.6 is 0 Å². The number of carbonyl (C=O) groups is 2. The van der Waals surface area contributed by atoms with Crippen LogP contribution in [-0.4, -0.2) is 53.9 Å². The Hall–Kier alpha value is -2.73. The van der Waals surface area contributed by atoms with Crippen molar-refractivity contribution < 1.29 is 9.59 Å². The van der Waals surface area contributed by atoms with E-state index in [2.05, 4.69) is 14.8 Å². The van der Waals surface area contributed by atoms with E-state index in [0.29, 0.717) is 5.69 Å². The SMILES string of the molecule is Cc1ccc(N2C(=O)C[C@H](N3CCN(c4ccccn4)CC3)C2=O)cc1. The molecule has 0 unspecified atom stereocenters. The van der Waals surface area contributed by atoms with Crippen LogP contribution in [0.2, 0.25) is 0 Å². The van der Waals surface area contributed by atoms with Crippen LogP contribution in [0.5, 0.6) is 0 Å². The summed E-state index contributed by atoms with van der Waals surface area (Å²) in [5, 5.41) is 0. The molecule has 134 valence electrons. The first-order chi connectivity index (χ1) is 12.6. The van der Waals surface area contributed by atoms with E-state index in [1.165, 1.54) is 4.90 Å². The molecule has 6 nitrogen and oxygen atoms in total. The fourth-order valence-electron chi connectivity index (χ4n) is 3.67. The molecule has 2 amide bonds. The van der Waals surface area contributed by atoms with E-state index in [-0.39, 0.29) is 24.3 Å². The molecule has 0 saturated carbocycles. The van der Waals surface area contributed by atoms with Gasteiger partial charge in [0.25, 0.3) is 5.91 Å². The molecule has 0 aliphatic carbocycles. The number of piperazine rings is 1. The number of pyridine rings is 1. The van der Waals surface area contributed by atoms with Crippen LogP contribution in [0.3, 0.4) is 0 Å². The van der Waals surface area contributed by atoms with Gasteiger partial charge >= 0.3 is 0 Å². The van der Waals surface area contributed by atoms with Gasteiger partial charge in [0, 0.05) is 32.4 Å². The van der Waals surface area contributed by atoms with Crippen molar-refractivity contribution in [2.45, 2.75) is 19.4 Å². The van der Waals surface area contributed by atoms with Gasteiger partial charge in [0.05, 0.1) is 18.2 Å². The van der Waals surface area contributed by atoms with Gasteiger partial charge in [0.2, 0.25) is 5.91 Å². The molecule has 3 heterocycles. The maximum atomic E-state index is 12.9. The number of rotatable bonds is 3. The van der Waals surface area contributed by atoms with E-state index in [1.807, 2.05) is 49.4 Å². The predicted molar refractivity (Wildman–Crippen MR) is 100 cm³/mol. The smallest absolute Gasteiger partial charge is 0.251 e. The summed E-state index contributed by atoms with van der Waals surface area (Å²) in [5.74, 6) is 0.739. The lowest BCUT2D eigenvalue weighted by Crippen LogP contribution is -2.52. The molecule has 6 heteroatoms. The Morgan fingerprint density at radius 3 is 2.35 bits per heavy atom. The first-order valence-corrected chi connectivity index (χ1v) is 8.97. The quantitative estimate of drug-likeness (QED) is 0.791. The van der Waals surface area contributed by atoms with Crippen molar-refractivity contribution in [3.05, 3.63) is 54.2 Å². The lowest BCUT2D eigenvalue weighted by atomic mass is 10.1. The van der Waals surface area contributed by atoms with Gasteiger partial charge in [-0.25, -0.2) is 9.88 Å². The minimum Gasteiger partial charge on any atom is -0.354 e. The Balaban J connectivity index is 1.44. The minimum atomic E-state index is -0.352. The Bertz CT molecular complexity index is 798. The highest BCUT2D eigenvalue weighted by Gasteiger charge is 2.43. The van der Waals surface area contributed by atoms with E-state index in [9.17, 15) is 9.59 Å². The normalized spacial score (nSPS) is 21.5. The maximum Gasteiger partial charge on any atom is 0.251 e. The van der Waals surface area contributed by atoms with E-state index >= 15 is 0 Å². The molecule has 1 aromatic carbocycles. The van der Waals surface area contributed by atoms with E-state index < -0.39 is 0 Å². The number of hydrogen-bond donors (Lipinski definition) is 0. The van der Waals surface area contributed by atoms with Gasteiger partial charge in [0.15, 0.2) is 0 Å². The number of hydrogen-bond acceptors (Lipinski definition) is 5. The molecule has 26 heavy (non-hydrogen) atoms.